The lowest BCUT2D eigenvalue weighted by Crippen LogP contribution is -2.41. The molecule has 1 aliphatic rings. The molecule has 3 unspecified atom stereocenters. The molecule has 0 aromatic heterocycles. The summed E-state index contributed by atoms with van der Waals surface area (Å²) in [5.41, 5.74) is 0. The molecular formula is C16H24ClNOS. The summed E-state index contributed by atoms with van der Waals surface area (Å²) >= 11 is 6.03. The van der Waals surface area contributed by atoms with Crippen LogP contribution in [0.25, 0.3) is 0 Å². The Morgan fingerprint density at radius 1 is 1.30 bits per heavy atom. The van der Waals surface area contributed by atoms with Gasteiger partial charge in [-0.15, -0.1) is 0 Å². The molecule has 0 saturated heterocycles. The summed E-state index contributed by atoms with van der Waals surface area (Å²) < 4.78 is 12.9. The van der Waals surface area contributed by atoms with Crippen LogP contribution < -0.4 is 5.32 Å². The minimum absolute atomic E-state index is 0.211. The standard InChI is InChI=1S/C16H24ClNOS/c1-2-11-18-15-9-4-3-5-10-16(15)20(19)14-8-6-7-13(17)12-14/h6-8,12,15-16,18H,2-5,9-11H2,1H3. The molecule has 0 bridgehead atoms. The SMILES string of the molecule is CCCNC1CCCCCC1S(=O)c1cccc(Cl)c1. The van der Waals surface area contributed by atoms with Gasteiger partial charge in [-0.05, 0) is 44.0 Å². The van der Waals surface area contributed by atoms with E-state index < -0.39 is 10.8 Å². The first-order valence-electron chi connectivity index (χ1n) is 7.62. The third-order valence-corrected chi connectivity index (χ3v) is 5.98. The van der Waals surface area contributed by atoms with Crippen LogP contribution in [0.15, 0.2) is 29.2 Å². The van der Waals surface area contributed by atoms with Crippen LogP contribution in [0.1, 0.15) is 45.4 Å². The van der Waals surface area contributed by atoms with Crippen molar-refractivity contribution in [3.63, 3.8) is 0 Å². The molecule has 1 aliphatic carbocycles. The van der Waals surface area contributed by atoms with Crippen molar-refractivity contribution in [2.24, 2.45) is 0 Å². The number of benzene rings is 1. The summed E-state index contributed by atoms with van der Waals surface area (Å²) in [5, 5.41) is 4.48. The molecule has 0 aliphatic heterocycles. The van der Waals surface area contributed by atoms with Crippen LogP contribution >= 0.6 is 11.6 Å². The Balaban J connectivity index is 2.14. The number of hydrogen-bond acceptors (Lipinski definition) is 2. The summed E-state index contributed by atoms with van der Waals surface area (Å²) in [5.74, 6) is 0. The monoisotopic (exact) mass is 313 g/mol. The normalized spacial score (nSPS) is 25.1. The van der Waals surface area contributed by atoms with Gasteiger partial charge in [-0.2, -0.15) is 0 Å². The van der Waals surface area contributed by atoms with Crippen LogP contribution in [0, 0.1) is 0 Å². The van der Waals surface area contributed by atoms with Gasteiger partial charge < -0.3 is 5.32 Å². The van der Waals surface area contributed by atoms with Gasteiger partial charge in [0, 0.05) is 16.0 Å². The maximum absolute atomic E-state index is 12.9. The highest BCUT2D eigenvalue weighted by molar-refractivity contribution is 7.85. The zero-order valence-corrected chi connectivity index (χ0v) is 13.7. The van der Waals surface area contributed by atoms with E-state index in [4.69, 9.17) is 11.6 Å². The third kappa shape index (κ3) is 4.31. The van der Waals surface area contributed by atoms with Crippen LogP contribution in [-0.2, 0) is 10.8 Å². The molecule has 112 valence electrons. The third-order valence-electron chi connectivity index (χ3n) is 3.91. The van der Waals surface area contributed by atoms with Gasteiger partial charge in [0.2, 0.25) is 0 Å². The zero-order chi connectivity index (χ0) is 14.4. The van der Waals surface area contributed by atoms with E-state index in [1.165, 1.54) is 19.3 Å². The molecule has 2 rings (SSSR count). The largest absolute Gasteiger partial charge is 0.313 e. The summed E-state index contributed by atoms with van der Waals surface area (Å²) in [4.78, 5) is 0.868. The molecule has 0 amide bonds. The fraction of sp³-hybridized carbons (Fsp3) is 0.625. The minimum atomic E-state index is -0.972. The molecule has 0 radical (unpaired) electrons. The number of nitrogens with one attached hydrogen (secondary N) is 1. The number of halogens is 1. The Morgan fingerprint density at radius 3 is 2.85 bits per heavy atom. The van der Waals surface area contributed by atoms with Gasteiger partial charge >= 0.3 is 0 Å². The minimum Gasteiger partial charge on any atom is -0.313 e. The Hall–Kier alpha value is -0.380. The molecule has 1 fully saturated rings. The van der Waals surface area contributed by atoms with E-state index in [1.54, 1.807) is 0 Å². The average Bonchev–Trinajstić information content (AvgIpc) is 2.69. The van der Waals surface area contributed by atoms with Crippen molar-refractivity contribution in [2.75, 3.05) is 6.54 Å². The molecule has 1 saturated carbocycles. The highest BCUT2D eigenvalue weighted by atomic mass is 35.5. The second-order valence-corrected chi connectivity index (χ2v) is 7.60. The van der Waals surface area contributed by atoms with E-state index in [2.05, 4.69) is 12.2 Å². The van der Waals surface area contributed by atoms with Crippen molar-refractivity contribution >= 4 is 22.4 Å². The van der Waals surface area contributed by atoms with Crippen molar-refractivity contribution in [2.45, 2.75) is 61.6 Å². The predicted molar refractivity (Wildman–Crippen MR) is 86.8 cm³/mol. The van der Waals surface area contributed by atoms with E-state index in [1.807, 2.05) is 24.3 Å². The maximum Gasteiger partial charge on any atom is 0.0577 e. The van der Waals surface area contributed by atoms with Gasteiger partial charge in [0.1, 0.15) is 0 Å². The van der Waals surface area contributed by atoms with Crippen LogP contribution in [0.4, 0.5) is 0 Å². The van der Waals surface area contributed by atoms with Crippen molar-refractivity contribution in [1.82, 2.24) is 5.32 Å². The maximum atomic E-state index is 12.9. The van der Waals surface area contributed by atoms with Gasteiger partial charge in [0.15, 0.2) is 0 Å². The van der Waals surface area contributed by atoms with Crippen LogP contribution in [0.5, 0.6) is 0 Å². The number of rotatable bonds is 5. The lowest BCUT2D eigenvalue weighted by atomic mass is 10.1. The Kier molecular flexibility index (Phi) is 6.53. The van der Waals surface area contributed by atoms with Crippen LogP contribution in [0.3, 0.4) is 0 Å². The van der Waals surface area contributed by atoms with E-state index >= 15 is 0 Å². The summed E-state index contributed by atoms with van der Waals surface area (Å²) in [6.07, 6.45) is 6.98. The zero-order valence-electron chi connectivity index (χ0n) is 12.1. The van der Waals surface area contributed by atoms with Gasteiger partial charge in [-0.25, -0.2) is 0 Å². The Morgan fingerprint density at radius 2 is 2.10 bits per heavy atom. The lowest BCUT2D eigenvalue weighted by molar-refractivity contribution is 0.463. The second-order valence-electron chi connectivity index (χ2n) is 5.49. The molecule has 1 N–H and O–H groups in total. The molecule has 20 heavy (non-hydrogen) atoms. The fourth-order valence-electron chi connectivity index (χ4n) is 2.86. The molecule has 0 spiro atoms. The second kappa shape index (κ2) is 8.16. The van der Waals surface area contributed by atoms with Crippen molar-refractivity contribution in [3.8, 4) is 0 Å². The highest BCUT2D eigenvalue weighted by Gasteiger charge is 2.29. The smallest absolute Gasteiger partial charge is 0.0577 e. The van der Waals surface area contributed by atoms with E-state index in [9.17, 15) is 4.21 Å². The topological polar surface area (TPSA) is 29.1 Å². The summed E-state index contributed by atoms with van der Waals surface area (Å²) in [6, 6.07) is 7.88. The molecule has 0 heterocycles. The molecule has 3 atom stereocenters. The fourth-order valence-corrected chi connectivity index (χ4v) is 4.83. The first-order valence-corrected chi connectivity index (χ1v) is 9.21. The Labute approximate surface area is 129 Å². The van der Waals surface area contributed by atoms with Crippen LogP contribution in [-0.4, -0.2) is 22.0 Å². The quantitative estimate of drug-likeness (QED) is 0.827. The Bertz CT molecular complexity index is 452. The van der Waals surface area contributed by atoms with E-state index in [0.717, 1.165) is 30.7 Å². The molecule has 4 heteroatoms. The highest BCUT2D eigenvalue weighted by Crippen LogP contribution is 2.26. The van der Waals surface area contributed by atoms with Gasteiger partial charge in [-0.3, -0.25) is 4.21 Å². The van der Waals surface area contributed by atoms with Gasteiger partial charge in [0.05, 0.1) is 16.0 Å². The van der Waals surface area contributed by atoms with Gasteiger partial charge in [-0.1, -0.05) is 43.9 Å². The first-order chi connectivity index (χ1) is 9.72. The molecule has 1 aromatic rings. The van der Waals surface area contributed by atoms with E-state index in [-0.39, 0.29) is 5.25 Å². The van der Waals surface area contributed by atoms with Crippen molar-refractivity contribution in [3.05, 3.63) is 29.3 Å². The molecule has 2 nitrogen and oxygen atoms in total. The predicted octanol–water partition coefficient (Wildman–Crippen LogP) is 4.15. The molecule has 1 aromatic carbocycles. The van der Waals surface area contributed by atoms with Crippen LogP contribution in [0.2, 0.25) is 5.02 Å². The van der Waals surface area contributed by atoms with E-state index in [0.29, 0.717) is 11.1 Å². The summed E-state index contributed by atoms with van der Waals surface area (Å²) in [6.45, 7) is 3.18. The van der Waals surface area contributed by atoms with Crippen molar-refractivity contribution in [1.29, 1.82) is 0 Å². The lowest BCUT2D eigenvalue weighted by Gasteiger charge is -2.25. The summed E-state index contributed by atoms with van der Waals surface area (Å²) in [7, 11) is -0.972. The van der Waals surface area contributed by atoms with Gasteiger partial charge in [0.25, 0.3) is 0 Å². The van der Waals surface area contributed by atoms with Crippen molar-refractivity contribution < 1.29 is 4.21 Å². The molecular weight excluding hydrogens is 290 g/mol. The first kappa shape index (κ1) is 16.0. The number of hydrogen-bond donors (Lipinski definition) is 1. The average molecular weight is 314 g/mol.